The van der Waals surface area contributed by atoms with Crippen LogP contribution >= 0.6 is 12.6 Å². The van der Waals surface area contributed by atoms with Gasteiger partial charge in [-0.15, -0.1) is 12.6 Å². The predicted octanol–water partition coefficient (Wildman–Crippen LogP) is 3.27. The molecule has 0 heterocycles. The first kappa shape index (κ1) is 11.2. The molecule has 0 aliphatic heterocycles. The van der Waals surface area contributed by atoms with E-state index in [9.17, 15) is 0 Å². The van der Waals surface area contributed by atoms with Crippen LogP contribution in [-0.4, -0.2) is 0 Å². The molecule has 2 aromatic carbocycles. The summed E-state index contributed by atoms with van der Waals surface area (Å²) in [6.07, 6.45) is 0. The summed E-state index contributed by atoms with van der Waals surface area (Å²) in [5, 5.41) is 3.41. The minimum atomic E-state index is 0.892. The Morgan fingerprint density at radius 1 is 0.750 bits per heavy atom. The van der Waals surface area contributed by atoms with Crippen molar-refractivity contribution < 1.29 is 0 Å². The minimum Gasteiger partial charge on any atom is -0.309 e. The maximum Gasteiger partial charge on any atom is 0.0208 e. The van der Waals surface area contributed by atoms with E-state index in [-0.39, 0.29) is 0 Å². The van der Waals surface area contributed by atoms with Crippen LogP contribution in [-0.2, 0) is 13.1 Å². The van der Waals surface area contributed by atoms with Crippen LogP contribution in [0.15, 0.2) is 59.5 Å². The number of rotatable bonds is 4. The standard InChI is InChI=1S/C14H15NS/c16-14-8-6-13(7-9-14)11-15-10-12-4-2-1-3-5-12/h1-9,15-16H,10-11H2. The van der Waals surface area contributed by atoms with E-state index in [1.54, 1.807) is 0 Å². The summed E-state index contributed by atoms with van der Waals surface area (Å²) < 4.78 is 0. The topological polar surface area (TPSA) is 12.0 Å². The predicted molar refractivity (Wildman–Crippen MR) is 70.7 cm³/mol. The molecule has 0 atom stereocenters. The second-order valence-corrected chi connectivity index (χ2v) is 4.27. The van der Waals surface area contributed by atoms with Gasteiger partial charge in [-0.25, -0.2) is 0 Å². The van der Waals surface area contributed by atoms with Crippen molar-refractivity contribution >= 4 is 12.6 Å². The smallest absolute Gasteiger partial charge is 0.0208 e. The second-order valence-electron chi connectivity index (χ2n) is 3.76. The van der Waals surface area contributed by atoms with Crippen LogP contribution in [0.4, 0.5) is 0 Å². The van der Waals surface area contributed by atoms with Crippen LogP contribution in [0.2, 0.25) is 0 Å². The highest BCUT2D eigenvalue weighted by Crippen LogP contribution is 2.07. The minimum absolute atomic E-state index is 0.892. The van der Waals surface area contributed by atoms with E-state index in [2.05, 4.69) is 54.3 Å². The van der Waals surface area contributed by atoms with Gasteiger partial charge >= 0.3 is 0 Å². The van der Waals surface area contributed by atoms with Crippen molar-refractivity contribution in [2.45, 2.75) is 18.0 Å². The molecule has 16 heavy (non-hydrogen) atoms. The van der Waals surface area contributed by atoms with Gasteiger partial charge < -0.3 is 5.32 Å². The molecular weight excluding hydrogens is 214 g/mol. The Morgan fingerprint density at radius 2 is 1.31 bits per heavy atom. The van der Waals surface area contributed by atoms with Gasteiger partial charge in [0.25, 0.3) is 0 Å². The third kappa shape index (κ3) is 3.40. The lowest BCUT2D eigenvalue weighted by Gasteiger charge is -2.05. The van der Waals surface area contributed by atoms with E-state index in [0.717, 1.165) is 18.0 Å². The zero-order chi connectivity index (χ0) is 11.2. The average Bonchev–Trinajstić information content (AvgIpc) is 2.33. The highest BCUT2D eigenvalue weighted by atomic mass is 32.1. The third-order valence-corrected chi connectivity index (χ3v) is 2.74. The molecule has 82 valence electrons. The fourth-order valence-electron chi connectivity index (χ4n) is 1.56. The first-order valence-electron chi connectivity index (χ1n) is 5.37. The van der Waals surface area contributed by atoms with Crippen molar-refractivity contribution in [2.75, 3.05) is 0 Å². The van der Waals surface area contributed by atoms with Gasteiger partial charge in [-0.05, 0) is 23.3 Å². The molecule has 1 N–H and O–H groups in total. The lowest BCUT2D eigenvalue weighted by atomic mass is 10.2. The van der Waals surface area contributed by atoms with Crippen molar-refractivity contribution in [1.29, 1.82) is 0 Å². The average molecular weight is 229 g/mol. The maximum atomic E-state index is 4.26. The van der Waals surface area contributed by atoms with Crippen LogP contribution in [0.3, 0.4) is 0 Å². The first-order valence-corrected chi connectivity index (χ1v) is 5.82. The Bertz CT molecular complexity index is 422. The molecule has 0 fully saturated rings. The third-order valence-electron chi connectivity index (χ3n) is 2.44. The molecule has 2 heteroatoms. The summed E-state index contributed by atoms with van der Waals surface area (Å²) >= 11 is 4.26. The van der Waals surface area contributed by atoms with Gasteiger partial charge in [-0.3, -0.25) is 0 Å². The first-order chi connectivity index (χ1) is 7.84. The van der Waals surface area contributed by atoms with Gasteiger partial charge in [0.2, 0.25) is 0 Å². The molecule has 2 rings (SSSR count). The Morgan fingerprint density at radius 3 is 1.94 bits per heavy atom. The summed E-state index contributed by atoms with van der Waals surface area (Å²) in [4.78, 5) is 1.01. The zero-order valence-electron chi connectivity index (χ0n) is 9.06. The Kier molecular flexibility index (Phi) is 4.03. The summed E-state index contributed by atoms with van der Waals surface area (Å²) in [5.41, 5.74) is 2.60. The lowest BCUT2D eigenvalue weighted by molar-refractivity contribution is 0.693. The fourth-order valence-corrected chi connectivity index (χ4v) is 1.71. The van der Waals surface area contributed by atoms with Gasteiger partial charge in [0, 0.05) is 18.0 Å². The number of nitrogens with one attached hydrogen (secondary N) is 1. The van der Waals surface area contributed by atoms with Crippen LogP contribution in [0, 0.1) is 0 Å². The van der Waals surface area contributed by atoms with Crippen LogP contribution in [0.5, 0.6) is 0 Å². The van der Waals surface area contributed by atoms with E-state index in [1.807, 2.05) is 18.2 Å². The molecule has 0 aliphatic rings. The molecular formula is C14H15NS. The van der Waals surface area contributed by atoms with E-state index < -0.39 is 0 Å². The largest absolute Gasteiger partial charge is 0.309 e. The zero-order valence-corrected chi connectivity index (χ0v) is 9.95. The number of benzene rings is 2. The summed E-state index contributed by atoms with van der Waals surface area (Å²) in [5.74, 6) is 0. The normalized spacial score (nSPS) is 10.3. The summed E-state index contributed by atoms with van der Waals surface area (Å²) in [6.45, 7) is 1.80. The summed E-state index contributed by atoms with van der Waals surface area (Å²) in [7, 11) is 0. The van der Waals surface area contributed by atoms with E-state index in [0.29, 0.717) is 0 Å². The molecule has 0 saturated carbocycles. The molecule has 0 radical (unpaired) electrons. The number of thiol groups is 1. The molecule has 2 aromatic rings. The van der Waals surface area contributed by atoms with Crippen LogP contribution in [0.1, 0.15) is 11.1 Å². The summed E-state index contributed by atoms with van der Waals surface area (Å²) in [6, 6.07) is 18.6. The molecule has 0 unspecified atom stereocenters. The quantitative estimate of drug-likeness (QED) is 0.767. The van der Waals surface area contributed by atoms with Crippen molar-refractivity contribution in [2.24, 2.45) is 0 Å². The number of hydrogen-bond acceptors (Lipinski definition) is 2. The van der Waals surface area contributed by atoms with E-state index >= 15 is 0 Å². The molecule has 0 amide bonds. The Hall–Kier alpha value is -1.25. The molecule has 0 bridgehead atoms. The van der Waals surface area contributed by atoms with Gasteiger partial charge in [-0.1, -0.05) is 42.5 Å². The highest BCUT2D eigenvalue weighted by molar-refractivity contribution is 7.80. The number of hydrogen-bond donors (Lipinski definition) is 2. The monoisotopic (exact) mass is 229 g/mol. The van der Waals surface area contributed by atoms with Gasteiger partial charge in [-0.2, -0.15) is 0 Å². The Balaban J connectivity index is 1.82. The maximum absolute atomic E-state index is 4.26. The van der Waals surface area contributed by atoms with Gasteiger partial charge in [0.1, 0.15) is 0 Å². The molecule has 1 nitrogen and oxygen atoms in total. The van der Waals surface area contributed by atoms with Gasteiger partial charge in [0.15, 0.2) is 0 Å². The van der Waals surface area contributed by atoms with E-state index in [1.165, 1.54) is 11.1 Å². The molecule has 0 aliphatic carbocycles. The van der Waals surface area contributed by atoms with Crippen molar-refractivity contribution in [1.82, 2.24) is 5.32 Å². The van der Waals surface area contributed by atoms with Gasteiger partial charge in [0.05, 0.1) is 0 Å². The molecule has 0 aromatic heterocycles. The van der Waals surface area contributed by atoms with E-state index in [4.69, 9.17) is 0 Å². The molecule has 0 spiro atoms. The van der Waals surface area contributed by atoms with Crippen LogP contribution in [0.25, 0.3) is 0 Å². The molecule has 0 saturated heterocycles. The second kappa shape index (κ2) is 5.73. The Labute approximate surface area is 102 Å². The van der Waals surface area contributed by atoms with Crippen molar-refractivity contribution in [3.8, 4) is 0 Å². The SMILES string of the molecule is Sc1ccc(CNCc2ccccc2)cc1. The highest BCUT2D eigenvalue weighted by Gasteiger charge is 1.93. The van der Waals surface area contributed by atoms with Crippen LogP contribution < -0.4 is 5.32 Å². The van der Waals surface area contributed by atoms with Crippen molar-refractivity contribution in [3.05, 3.63) is 65.7 Å². The fraction of sp³-hybridized carbons (Fsp3) is 0.143. The van der Waals surface area contributed by atoms with Crippen molar-refractivity contribution in [3.63, 3.8) is 0 Å². The lowest BCUT2D eigenvalue weighted by Crippen LogP contribution is -2.12.